The Morgan fingerprint density at radius 2 is 1.40 bits per heavy atom. The summed E-state index contributed by atoms with van der Waals surface area (Å²) in [5.74, 6) is 0. The first-order chi connectivity index (χ1) is 6.74. The summed E-state index contributed by atoms with van der Waals surface area (Å²) < 4.78 is 0. The van der Waals surface area contributed by atoms with Crippen LogP contribution in [0.2, 0.25) is 0 Å². The van der Waals surface area contributed by atoms with Crippen molar-refractivity contribution in [3.05, 3.63) is 6.54 Å². The molecule has 0 aromatic heterocycles. The van der Waals surface area contributed by atoms with Crippen molar-refractivity contribution in [2.45, 2.75) is 32.6 Å². The van der Waals surface area contributed by atoms with E-state index in [1.54, 1.807) is 0 Å². The first-order valence-corrected chi connectivity index (χ1v) is 5.96. The van der Waals surface area contributed by atoms with Gasteiger partial charge in [-0.15, -0.1) is 0 Å². The van der Waals surface area contributed by atoms with E-state index >= 15 is 0 Å². The van der Waals surface area contributed by atoms with E-state index in [1.165, 1.54) is 51.9 Å². The fourth-order valence-corrected chi connectivity index (χ4v) is 2.85. The molecule has 1 spiro atoms. The third-order valence-corrected chi connectivity index (χ3v) is 4.27. The third kappa shape index (κ3) is 3.85. The van der Waals surface area contributed by atoms with Crippen LogP contribution in [0, 0.1) is 12.0 Å². The van der Waals surface area contributed by atoms with Gasteiger partial charge >= 0.3 is 58.2 Å². The van der Waals surface area contributed by atoms with Gasteiger partial charge in [0.05, 0.1) is 0 Å². The molecule has 0 N–H and O–H groups in total. The minimum Gasteiger partial charge on any atom is -0.457 e. The van der Waals surface area contributed by atoms with E-state index in [1.807, 2.05) is 0 Å². The standard InChI is InChI=1S/C12H23N2.Rb/c1-3-14-10-6-12(7-11-14)4-8-13(2)9-5-12;/h3H,4-11H2,1-2H3;/q-1;+1. The second kappa shape index (κ2) is 6.60. The first kappa shape index (κ1) is 14.8. The van der Waals surface area contributed by atoms with Gasteiger partial charge in [-0.25, -0.2) is 0 Å². The average Bonchev–Trinajstić information content (AvgIpc) is 2.24. The molecule has 2 aliphatic heterocycles. The van der Waals surface area contributed by atoms with Crippen LogP contribution in [0.4, 0.5) is 0 Å². The molecule has 0 unspecified atom stereocenters. The molecule has 0 radical (unpaired) electrons. The minimum absolute atomic E-state index is 0. The monoisotopic (exact) mass is 280 g/mol. The molecule has 2 aliphatic rings. The molecular formula is C12H23N2Rb. The molecule has 2 fully saturated rings. The molecule has 0 amide bonds. The van der Waals surface area contributed by atoms with Crippen LogP contribution in [-0.2, 0) is 0 Å². The van der Waals surface area contributed by atoms with Crippen molar-refractivity contribution >= 4 is 0 Å². The topological polar surface area (TPSA) is 6.48 Å². The Hall–Kier alpha value is 1.73. The summed E-state index contributed by atoms with van der Waals surface area (Å²) in [7, 11) is 2.25. The second-order valence-corrected chi connectivity index (χ2v) is 5.10. The van der Waals surface area contributed by atoms with Crippen LogP contribution in [-0.4, -0.2) is 43.0 Å². The maximum Gasteiger partial charge on any atom is 1.00 e. The summed E-state index contributed by atoms with van der Waals surface area (Å²) in [6.07, 6.45) is 5.71. The molecular weight excluding hydrogens is 258 g/mol. The minimum atomic E-state index is 0. The molecule has 2 saturated heterocycles. The Labute approximate surface area is 144 Å². The average molecular weight is 281 g/mol. The maximum absolute atomic E-state index is 2.48. The van der Waals surface area contributed by atoms with Crippen molar-refractivity contribution in [1.29, 1.82) is 0 Å². The van der Waals surface area contributed by atoms with Crippen LogP contribution in [0.1, 0.15) is 32.6 Å². The largest absolute Gasteiger partial charge is 1.00 e. The van der Waals surface area contributed by atoms with E-state index in [0.29, 0.717) is 5.41 Å². The molecule has 15 heavy (non-hydrogen) atoms. The summed E-state index contributed by atoms with van der Waals surface area (Å²) in [5.41, 5.74) is 0.714. The zero-order valence-electron chi connectivity index (χ0n) is 10.6. The molecule has 0 saturated carbocycles. The van der Waals surface area contributed by atoms with Gasteiger partial charge < -0.3 is 9.80 Å². The van der Waals surface area contributed by atoms with Crippen LogP contribution in [0.15, 0.2) is 0 Å². The smallest absolute Gasteiger partial charge is 0.457 e. The Kier molecular flexibility index (Phi) is 6.51. The Bertz CT molecular complexity index is 178. The molecule has 3 heteroatoms. The Morgan fingerprint density at radius 3 is 1.87 bits per heavy atom. The van der Waals surface area contributed by atoms with Gasteiger partial charge in [-0.05, 0) is 64.3 Å². The van der Waals surface area contributed by atoms with Crippen molar-refractivity contribution < 1.29 is 58.2 Å². The molecule has 0 aliphatic carbocycles. The molecule has 0 aromatic rings. The molecule has 0 aromatic carbocycles. The number of likely N-dealkylation sites (tertiary alicyclic amines) is 2. The number of rotatable bonds is 1. The molecule has 2 rings (SSSR count). The van der Waals surface area contributed by atoms with Crippen molar-refractivity contribution in [2.24, 2.45) is 5.41 Å². The second-order valence-electron chi connectivity index (χ2n) is 5.10. The van der Waals surface area contributed by atoms with E-state index in [2.05, 4.69) is 30.3 Å². The van der Waals surface area contributed by atoms with Gasteiger partial charge in [0.25, 0.3) is 0 Å². The molecule has 2 nitrogen and oxygen atoms in total. The summed E-state index contributed by atoms with van der Waals surface area (Å²) in [5, 5.41) is 0. The van der Waals surface area contributed by atoms with E-state index in [9.17, 15) is 0 Å². The number of hydrogen-bond acceptors (Lipinski definition) is 2. The summed E-state index contributed by atoms with van der Waals surface area (Å²) in [6.45, 7) is 9.63. The zero-order valence-corrected chi connectivity index (χ0v) is 15.5. The third-order valence-electron chi connectivity index (χ3n) is 4.27. The van der Waals surface area contributed by atoms with Crippen LogP contribution in [0.5, 0.6) is 0 Å². The van der Waals surface area contributed by atoms with Gasteiger partial charge in [-0.2, -0.15) is 6.92 Å². The van der Waals surface area contributed by atoms with Crippen LogP contribution in [0.25, 0.3) is 0 Å². The fourth-order valence-electron chi connectivity index (χ4n) is 2.85. The van der Waals surface area contributed by atoms with E-state index < -0.39 is 0 Å². The SMILES string of the molecule is C[CH-]N1CCC2(CCN(C)CC2)CC1.[Rb+]. The number of hydrogen-bond donors (Lipinski definition) is 0. The quantitative estimate of drug-likeness (QED) is 0.568. The molecule has 2 heterocycles. The van der Waals surface area contributed by atoms with Crippen molar-refractivity contribution in [3.8, 4) is 0 Å². The van der Waals surface area contributed by atoms with Gasteiger partial charge in [-0.3, -0.25) is 6.54 Å². The Morgan fingerprint density at radius 1 is 0.933 bits per heavy atom. The predicted molar refractivity (Wildman–Crippen MR) is 59.9 cm³/mol. The van der Waals surface area contributed by atoms with Gasteiger partial charge in [0.15, 0.2) is 0 Å². The first-order valence-electron chi connectivity index (χ1n) is 5.96. The van der Waals surface area contributed by atoms with Gasteiger partial charge in [-0.1, -0.05) is 0 Å². The van der Waals surface area contributed by atoms with Gasteiger partial charge in [0.2, 0.25) is 0 Å². The van der Waals surface area contributed by atoms with Crippen LogP contribution in [0.3, 0.4) is 0 Å². The summed E-state index contributed by atoms with van der Waals surface area (Å²) in [6, 6.07) is 0. The summed E-state index contributed by atoms with van der Waals surface area (Å²) >= 11 is 0. The normalized spacial score (nSPS) is 27.6. The van der Waals surface area contributed by atoms with E-state index in [0.717, 1.165) is 0 Å². The van der Waals surface area contributed by atoms with Gasteiger partial charge in [0.1, 0.15) is 0 Å². The van der Waals surface area contributed by atoms with E-state index in [4.69, 9.17) is 0 Å². The molecule has 82 valence electrons. The molecule has 0 bridgehead atoms. The fraction of sp³-hybridized carbons (Fsp3) is 0.917. The zero-order chi connectivity index (χ0) is 10.0. The van der Waals surface area contributed by atoms with Crippen molar-refractivity contribution in [1.82, 2.24) is 9.80 Å². The maximum atomic E-state index is 2.48. The van der Waals surface area contributed by atoms with E-state index in [-0.39, 0.29) is 58.2 Å². The van der Waals surface area contributed by atoms with Crippen LogP contribution < -0.4 is 58.2 Å². The predicted octanol–water partition coefficient (Wildman–Crippen LogP) is -1.02. The molecule has 0 atom stereocenters. The van der Waals surface area contributed by atoms with Gasteiger partial charge in [0, 0.05) is 0 Å². The number of nitrogens with zero attached hydrogens (tertiary/aromatic N) is 2. The number of piperidine rings is 2. The van der Waals surface area contributed by atoms with Crippen molar-refractivity contribution in [3.63, 3.8) is 0 Å². The van der Waals surface area contributed by atoms with Crippen molar-refractivity contribution in [2.75, 3.05) is 33.2 Å². The Balaban J connectivity index is 0.00000112. The van der Waals surface area contributed by atoms with Crippen LogP contribution >= 0.6 is 0 Å². The summed E-state index contributed by atoms with van der Waals surface area (Å²) in [4.78, 5) is 4.95.